The fourth-order valence-corrected chi connectivity index (χ4v) is 2.23. The van der Waals surface area contributed by atoms with Crippen LogP contribution in [0.4, 0.5) is 0 Å². The highest BCUT2D eigenvalue weighted by molar-refractivity contribution is 4.96. The number of ether oxygens (including phenoxy) is 2. The van der Waals surface area contributed by atoms with E-state index in [1.165, 1.54) is 0 Å². The fourth-order valence-electron chi connectivity index (χ4n) is 2.23. The van der Waals surface area contributed by atoms with E-state index >= 15 is 0 Å². The zero-order valence-electron chi connectivity index (χ0n) is 7.45. The van der Waals surface area contributed by atoms with Gasteiger partial charge >= 0.3 is 0 Å². The Balaban J connectivity index is 2.04. The Hall–Kier alpha value is -0.120. The van der Waals surface area contributed by atoms with Crippen LogP contribution in [-0.2, 0) is 9.47 Å². The Bertz CT molecular complexity index is 171. The van der Waals surface area contributed by atoms with E-state index in [4.69, 9.17) is 14.6 Å². The Kier molecular flexibility index (Phi) is 2.10. The van der Waals surface area contributed by atoms with Crippen molar-refractivity contribution in [3.8, 4) is 0 Å². The number of hydrogen-bond acceptors (Lipinski definition) is 3. The summed E-state index contributed by atoms with van der Waals surface area (Å²) >= 11 is 0. The first kappa shape index (κ1) is 8.48. The summed E-state index contributed by atoms with van der Waals surface area (Å²) in [5.74, 6) is 0. The van der Waals surface area contributed by atoms with Crippen LogP contribution in [0.5, 0.6) is 0 Å². The van der Waals surface area contributed by atoms with E-state index in [-0.39, 0.29) is 24.4 Å². The van der Waals surface area contributed by atoms with Crippen LogP contribution in [0.25, 0.3) is 0 Å². The van der Waals surface area contributed by atoms with Crippen molar-refractivity contribution in [2.24, 2.45) is 0 Å². The maximum atomic E-state index is 8.93. The molecule has 0 radical (unpaired) electrons. The Morgan fingerprint density at radius 2 is 2.33 bits per heavy atom. The van der Waals surface area contributed by atoms with E-state index in [0.29, 0.717) is 0 Å². The molecule has 70 valence electrons. The minimum absolute atomic E-state index is 0.0501. The molecule has 0 aromatic heterocycles. The molecule has 0 bridgehead atoms. The fraction of sp³-hybridized carbons (Fsp3) is 1.00. The average molecular weight is 172 g/mol. The molecule has 3 atom stereocenters. The summed E-state index contributed by atoms with van der Waals surface area (Å²) in [6.07, 6.45) is 3.26. The van der Waals surface area contributed by atoms with E-state index in [1.54, 1.807) is 0 Å². The third kappa shape index (κ3) is 1.16. The van der Waals surface area contributed by atoms with Gasteiger partial charge in [-0.3, -0.25) is 0 Å². The van der Waals surface area contributed by atoms with Crippen molar-refractivity contribution in [3.63, 3.8) is 0 Å². The summed E-state index contributed by atoms with van der Waals surface area (Å²) < 4.78 is 11.3. The SMILES string of the molecule is C[C@@H]1OCC[C@]12CC[C@@H](CO)O2. The van der Waals surface area contributed by atoms with Gasteiger partial charge in [-0.2, -0.15) is 0 Å². The van der Waals surface area contributed by atoms with Gasteiger partial charge in [0.25, 0.3) is 0 Å². The molecule has 12 heavy (non-hydrogen) atoms. The van der Waals surface area contributed by atoms with Crippen LogP contribution in [0.3, 0.4) is 0 Å². The molecule has 0 amide bonds. The first-order valence-electron chi connectivity index (χ1n) is 4.67. The van der Waals surface area contributed by atoms with Crippen molar-refractivity contribution in [2.75, 3.05) is 13.2 Å². The molecule has 0 aromatic carbocycles. The van der Waals surface area contributed by atoms with Crippen molar-refractivity contribution in [3.05, 3.63) is 0 Å². The lowest BCUT2D eigenvalue weighted by molar-refractivity contribution is -0.0898. The largest absolute Gasteiger partial charge is 0.394 e. The molecular formula is C9H16O3. The average Bonchev–Trinajstić information content (AvgIpc) is 2.63. The van der Waals surface area contributed by atoms with E-state index in [2.05, 4.69) is 6.92 Å². The van der Waals surface area contributed by atoms with Crippen LogP contribution >= 0.6 is 0 Å². The maximum Gasteiger partial charge on any atom is 0.0967 e. The molecule has 2 heterocycles. The smallest absolute Gasteiger partial charge is 0.0967 e. The summed E-state index contributed by atoms with van der Waals surface area (Å²) in [4.78, 5) is 0. The van der Waals surface area contributed by atoms with Crippen molar-refractivity contribution >= 4 is 0 Å². The third-order valence-corrected chi connectivity index (χ3v) is 3.13. The summed E-state index contributed by atoms with van der Waals surface area (Å²) in [5.41, 5.74) is -0.0621. The molecule has 0 unspecified atom stereocenters. The molecule has 0 aliphatic carbocycles. The molecule has 3 heteroatoms. The predicted molar refractivity (Wildman–Crippen MR) is 44.0 cm³/mol. The summed E-state index contributed by atoms with van der Waals surface area (Å²) in [5, 5.41) is 8.93. The number of aliphatic hydroxyl groups is 1. The first-order chi connectivity index (χ1) is 5.77. The minimum Gasteiger partial charge on any atom is -0.394 e. The molecule has 1 spiro atoms. The van der Waals surface area contributed by atoms with Crippen LogP contribution in [0, 0.1) is 0 Å². The molecule has 2 saturated heterocycles. The van der Waals surface area contributed by atoms with Crippen LogP contribution in [-0.4, -0.2) is 36.1 Å². The Morgan fingerprint density at radius 1 is 1.50 bits per heavy atom. The summed E-state index contributed by atoms with van der Waals surface area (Å²) in [6.45, 7) is 3.01. The second-order valence-corrected chi connectivity index (χ2v) is 3.79. The maximum absolute atomic E-state index is 8.93. The molecule has 0 aromatic rings. The molecule has 1 N–H and O–H groups in total. The zero-order chi connectivity index (χ0) is 8.60. The van der Waals surface area contributed by atoms with Crippen LogP contribution < -0.4 is 0 Å². The first-order valence-corrected chi connectivity index (χ1v) is 4.67. The van der Waals surface area contributed by atoms with Crippen molar-refractivity contribution in [1.82, 2.24) is 0 Å². The van der Waals surface area contributed by atoms with Gasteiger partial charge in [0.05, 0.1) is 24.4 Å². The lowest BCUT2D eigenvalue weighted by atomic mass is 9.93. The number of rotatable bonds is 1. The van der Waals surface area contributed by atoms with Gasteiger partial charge in [0.2, 0.25) is 0 Å². The third-order valence-electron chi connectivity index (χ3n) is 3.13. The molecule has 0 saturated carbocycles. The van der Waals surface area contributed by atoms with E-state index in [0.717, 1.165) is 25.9 Å². The van der Waals surface area contributed by atoms with Gasteiger partial charge in [0.1, 0.15) is 0 Å². The van der Waals surface area contributed by atoms with Gasteiger partial charge in [0.15, 0.2) is 0 Å². The standard InChI is InChI=1S/C9H16O3/c1-7-9(4-5-11-7)3-2-8(6-10)12-9/h7-8,10H,2-6H2,1H3/t7-,8-,9+/m0/s1. The highest BCUT2D eigenvalue weighted by Gasteiger charge is 2.47. The number of aliphatic hydroxyl groups excluding tert-OH is 1. The summed E-state index contributed by atoms with van der Waals surface area (Å²) in [7, 11) is 0. The van der Waals surface area contributed by atoms with Crippen molar-refractivity contribution < 1.29 is 14.6 Å². The lowest BCUT2D eigenvalue weighted by Crippen LogP contribution is -2.36. The van der Waals surface area contributed by atoms with Gasteiger partial charge in [-0.05, 0) is 19.8 Å². The van der Waals surface area contributed by atoms with Crippen molar-refractivity contribution in [2.45, 2.75) is 44.0 Å². The predicted octanol–water partition coefficient (Wildman–Crippen LogP) is 0.705. The van der Waals surface area contributed by atoms with E-state index in [9.17, 15) is 0 Å². The van der Waals surface area contributed by atoms with Crippen LogP contribution in [0.15, 0.2) is 0 Å². The second kappa shape index (κ2) is 2.98. The summed E-state index contributed by atoms with van der Waals surface area (Å²) in [6, 6.07) is 0. The highest BCUT2D eigenvalue weighted by Crippen LogP contribution is 2.40. The van der Waals surface area contributed by atoms with Gasteiger partial charge < -0.3 is 14.6 Å². The normalized spacial score (nSPS) is 47.5. The number of hydrogen-bond donors (Lipinski definition) is 1. The molecule has 2 fully saturated rings. The van der Waals surface area contributed by atoms with Crippen molar-refractivity contribution in [1.29, 1.82) is 0 Å². The topological polar surface area (TPSA) is 38.7 Å². The van der Waals surface area contributed by atoms with Gasteiger partial charge in [-0.25, -0.2) is 0 Å². The van der Waals surface area contributed by atoms with Gasteiger partial charge in [-0.15, -0.1) is 0 Å². The Morgan fingerprint density at radius 3 is 2.83 bits per heavy atom. The molecule has 2 rings (SSSR count). The monoisotopic (exact) mass is 172 g/mol. The highest BCUT2D eigenvalue weighted by atomic mass is 16.6. The molecule has 2 aliphatic rings. The van der Waals surface area contributed by atoms with Gasteiger partial charge in [-0.1, -0.05) is 0 Å². The minimum atomic E-state index is -0.0621. The van der Waals surface area contributed by atoms with Crippen LogP contribution in [0.1, 0.15) is 26.2 Å². The van der Waals surface area contributed by atoms with Gasteiger partial charge in [0, 0.05) is 13.0 Å². The van der Waals surface area contributed by atoms with Crippen LogP contribution in [0.2, 0.25) is 0 Å². The van der Waals surface area contributed by atoms with E-state index < -0.39 is 0 Å². The van der Waals surface area contributed by atoms with E-state index in [1.807, 2.05) is 0 Å². The zero-order valence-corrected chi connectivity index (χ0v) is 7.45. The second-order valence-electron chi connectivity index (χ2n) is 3.79. The Labute approximate surface area is 72.7 Å². The molecule has 3 nitrogen and oxygen atoms in total. The molecule has 2 aliphatic heterocycles. The lowest BCUT2D eigenvalue weighted by Gasteiger charge is -2.26. The molecular weight excluding hydrogens is 156 g/mol. The quantitative estimate of drug-likeness (QED) is 0.633.